The van der Waals surface area contributed by atoms with Crippen LogP contribution in [0.4, 0.5) is 0 Å². The van der Waals surface area contributed by atoms with E-state index in [1.807, 2.05) is 0 Å². The first-order chi connectivity index (χ1) is 11.1. The molecule has 1 saturated heterocycles. The predicted molar refractivity (Wildman–Crippen MR) is 94.1 cm³/mol. The highest BCUT2D eigenvalue weighted by Crippen LogP contribution is 2.43. The van der Waals surface area contributed by atoms with Gasteiger partial charge in [-0.3, -0.25) is 4.68 Å². The molecule has 0 bridgehead atoms. The molecule has 2 unspecified atom stereocenters. The molecule has 2 atom stereocenters. The summed E-state index contributed by atoms with van der Waals surface area (Å²) in [6.07, 6.45) is 2.64. The van der Waals surface area contributed by atoms with E-state index in [4.69, 9.17) is 5.10 Å². The van der Waals surface area contributed by atoms with Gasteiger partial charge in [0.2, 0.25) is 0 Å². The van der Waals surface area contributed by atoms with Crippen molar-refractivity contribution in [2.75, 3.05) is 13.1 Å². The number of aryl methyl sites for hydroxylation is 1. The maximum Gasteiger partial charge on any atom is 0.0658 e. The van der Waals surface area contributed by atoms with Gasteiger partial charge >= 0.3 is 0 Å². The Kier molecular flexibility index (Phi) is 3.76. The highest BCUT2D eigenvalue weighted by molar-refractivity contribution is 5.33. The lowest BCUT2D eigenvalue weighted by Gasteiger charge is -2.22. The maximum absolute atomic E-state index is 4.95. The lowest BCUT2D eigenvalue weighted by molar-refractivity contribution is 0.477. The number of rotatable bonds is 4. The van der Waals surface area contributed by atoms with E-state index in [1.54, 1.807) is 0 Å². The summed E-state index contributed by atoms with van der Waals surface area (Å²) in [4.78, 5) is 0. The first kappa shape index (κ1) is 14.9. The second-order valence-corrected chi connectivity index (χ2v) is 7.59. The zero-order valence-corrected chi connectivity index (χ0v) is 14.4. The van der Waals surface area contributed by atoms with E-state index in [1.165, 1.54) is 35.4 Å². The minimum Gasteiger partial charge on any atom is -0.315 e. The number of nitrogens with zero attached hydrogens (tertiary/aromatic N) is 2. The predicted octanol–water partition coefficient (Wildman–Crippen LogP) is 4.12. The van der Waals surface area contributed by atoms with E-state index >= 15 is 0 Å². The van der Waals surface area contributed by atoms with Crippen LogP contribution in [-0.4, -0.2) is 22.9 Å². The number of nitrogens with one attached hydrogen (secondary N) is 1. The minimum absolute atomic E-state index is 0.427. The molecule has 23 heavy (non-hydrogen) atoms. The molecule has 3 nitrogen and oxygen atoms in total. The molecule has 122 valence electrons. The Morgan fingerprint density at radius 2 is 1.91 bits per heavy atom. The van der Waals surface area contributed by atoms with Crippen molar-refractivity contribution < 1.29 is 0 Å². The molecule has 1 aliphatic heterocycles. The molecule has 2 aliphatic rings. The summed E-state index contributed by atoms with van der Waals surface area (Å²) in [7, 11) is 0. The van der Waals surface area contributed by atoms with E-state index < -0.39 is 0 Å². The summed E-state index contributed by atoms with van der Waals surface area (Å²) in [5.74, 6) is 1.80. The van der Waals surface area contributed by atoms with Crippen LogP contribution in [-0.2, 0) is 0 Å². The van der Waals surface area contributed by atoms with Crippen molar-refractivity contribution >= 4 is 0 Å². The van der Waals surface area contributed by atoms with Crippen LogP contribution < -0.4 is 5.32 Å². The first-order valence-corrected chi connectivity index (χ1v) is 9.00. The normalized spacial score (nSPS) is 24.5. The zero-order chi connectivity index (χ0) is 16.0. The molecule has 2 heterocycles. The molecule has 2 aromatic rings. The number of aromatic nitrogens is 2. The summed E-state index contributed by atoms with van der Waals surface area (Å²) in [6, 6.07) is 11.8. The van der Waals surface area contributed by atoms with E-state index in [9.17, 15) is 0 Å². The van der Waals surface area contributed by atoms with E-state index in [-0.39, 0.29) is 0 Å². The third-order valence-electron chi connectivity index (χ3n) is 5.33. The second-order valence-electron chi connectivity index (χ2n) is 7.59. The van der Waals surface area contributed by atoms with Gasteiger partial charge in [-0.05, 0) is 45.2 Å². The van der Waals surface area contributed by atoms with Crippen LogP contribution >= 0.6 is 0 Å². The molecular formula is C20H27N3. The van der Waals surface area contributed by atoms with Gasteiger partial charge in [-0.1, -0.05) is 29.8 Å². The fourth-order valence-electron chi connectivity index (χ4n) is 3.94. The Bertz CT molecular complexity index is 697. The lowest BCUT2D eigenvalue weighted by atomic mass is 9.86. The standard InChI is InChI=1S/C20H27N3/c1-13(2)23-20(10-19(22-23)15-7-8-15)18-12-21-11-17(18)16-6-4-5-14(3)9-16/h4-6,9-10,13,15,17-18,21H,7-8,11-12H2,1-3H3. The van der Waals surface area contributed by atoms with Gasteiger partial charge in [-0.25, -0.2) is 0 Å². The van der Waals surface area contributed by atoms with Crippen LogP contribution in [0.5, 0.6) is 0 Å². The Morgan fingerprint density at radius 1 is 1.13 bits per heavy atom. The third kappa shape index (κ3) is 2.83. The van der Waals surface area contributed by atoms with Crippen molar-refractivity contribution in [3.05, 3.63) is 52.8 Å². The summed E-state index contributed by atoms with van der Waals surface area (Å²) in [5, 5.41) is 8.57. The van der Waals surface area contributed by atoms with Gasteiger partial charge in [0.15, 0.2) is 0 Å². The van der Waals surface area contributed by atoms with Gasteiger partial charge in [0.05, 0.1) is 5.69 Å². The lowest BCUT2D eigenvalue weighted by Crippen LogP contribution is -2.16. The molecular weight excluding hydrogens is 282 g/mol. The SMILES string of the molecule is Cc1cccc(C2CNCC2c2cc(C3CC3)nn2C(C)C)c1. The third-order valence-corrected chi connectivity index (χ3v) is 5.33. The average Bonchev–Trinajstić information content (AvgIpc) is 3.10. The van der Waals surface area contributed by atoms with Crippen molar-refractivity contribution in [1.82, 2.24) is 15.1 Å². The summed E-state index contributed by atoms with van der Waals surface area (Å²) in [5.41, 5.74) is 5.57. The van der Waals surface area contributed by atoms with Gasteiger partial charge in [0, 0.05) is 42.6 Å². The van der Waals surface area contributed by atoms with Gasteiger partial charge in [0.25, 0.3) is 0 Å². The molecule has 1 aliphatic carbocycles. The van der Waals surface area contributed by atoms with Crippen molar-refractivity contribution in [3.63, 3.8) is 0 Å². The molecule has 1 aromatic carbocycles. The van der Waals surface area contributed by atoms with Gasteiger partial charge in [-0.15, -0.1) is 0 Å². The molecule has 1 aromatic heterocycles. The van der Waals surface area contributed by atoms with Crippen LogP contribution in [0.1, 0.15) is 73.0 Å². The summed E-state index contributed by atoms with van der Waals surface area (Å²) >= 11 is 0. The molecule has 0 spiro atoms. The highest BCUT2D eigenvalue weighted by atomic mass is 15.3. The molecule has 2 fully saturated rings. The van der Waals surface area contributed by atoms with Crippen molar-refractivity contribution in [2.45, 2.75) is 57.4 Å². The molecule has 4 rings (SSSR count). The molecule has 1 saturated carbocycles. The quantitative estimate of drug-likeness (QED) is 0.920. The zero-order valence-electron chi connectivity index (χ0n) is 14.4. The summed E-state index contributed by atoms with van der Waals surface area (Å²) < 4.78 is 2.29. The highest BCUT2D eigenvalue weighted by Gasteiger charge is 2.35. The van der Waals surface area contributed by atoms with Crippen molar-refractivity contribution in [3.8, 4) is 0 Å². The molecule has 0 radical (unpaired) electrons. The Balaban J connectivity index is 1.71. The van der Waals surface area contributed by atoms with E-state index in [0.717, 1.165) is 19.0 Å². The number of hydrogen-bond acceptors (Lipinski definition) is 2. The van der Waals surface area contributed by atoms with Crippen LogP contribution in [0.3, 0.4) is 0 Å². The van der Waals surface area contributed by atoms with Crippen molar-refractivity contribution in [1.29, 1.82) is 0 Å². The Morgan fingerprint density at radius 3 is 2.61 bits per heavy atom. The molecule has 3 heteroatoms. The van der Waals surface area contributed by atoms with E-state index in [2.05, 4.69) is 61.1 Å². The monoisotopic (exact) mass is 309 g/mol. The van der Waals surface area contributed by atoms with Crippen molar-refractivity contribution in [2.24, 2.45) is 0 Å². The maximum atomic E-state index is 4.95. The van der Waals surface area contributed by atoms with Gasteiger partial charge in [0.1, 0.15) is 0 Å². The largest absolute Gasteiger partial charge is 0.315 e. The van der Waals surface area contributed by atoms with Crippen LogP contribution in [0, 0.1) is 6.92 Å². The number of hydrogen-bond donors (Lipinski definition) is 1. The Hall–Kier alpha value is -1.61. The van der Waals surface area contributed by atoms with Crippen LogP contribution in [0.15, 0.2) is 30.3 Å². The minimum atomic E-state index is 0.427. The van der Waals surface area contributed by atoms with Crippen LogP contribution in [0.2, 0.25) is 0 Å². The van der Waals surface area contributed by atoms with Crippen LogP contribution in [0.25, 0.3) is 0 Å². The van der Waals surface area contributed by atoms with Gasteiger partial charge in [-0.2, -0.15) is 5.10 Å². The Labute approximate surface area is 139 Å². The smallest absolute Gasteiger partial charge is 0.0658 e. The molecule has 0 amide bonds. The number of benzene rings is 1. The first-order valence-electron chi connectivity index (χ1n) is 9.00. The van der Waals surface area contributed by atoms with Gasteiger partial charge < -0.3 is 5.32 Å². The fourth-order valence-corrected chi connectivity index (χ4v) is 3.94. The molecule has 1 N–H and O–H groups in total. The second kappa shape index (κ2) is 5.79. The summed E-state index contributed by atoms with van der Waals surface area (Å²) in [6.45, 7) is 8.80. The fraction of sp³-hybridized carbons (Fsp3) is 0.550. The van der Waals surface area contributed by atoms with E-state index in [0.29, 0.717) is 17.9 Å². The topological polar surface area (TPSA) is 29.9 Å². The average molecular weight is 309 g/mol.